The summed E-state index contributed by atoms with van der Waals surface area (Å²) >= 11 is 1.35. The van der Waals surface area contributed by atoms with Crippen molar-refractivity contribution in [3.63, 3.8) is 0 Å². The summed E-state index contributed by atoms with van der Waals surface area (Å²) in [5.41, 5.74) is 1.63. The maximum absolute atomic E-state index is 12.3. The molecule has 8 heteroatoms. The fourth-order valence-electron chi connectivity index (χ4n) is 2.69. The van der Waals surface area contributed by atoms with Gasteiger partial charge in [-0.2, -0.15) is 5.26 Å². The predicted molar refractivity (Wildman–Crippen MR) is 96.2 cm³/mol. The van der Waals surface area contributed by atoms with Gasteiger partial charge in [0.05, 0.1) is 23.8 Å². The summed E-state index contributed by atoms with van der Waals surface area (Å²) in [5, 5.41) is 12.2. The van der Waals surface area contributed by atoms with Crippen LogP contribution in [0.2, 0.25) is 0 Å². The lowest BCUT2D eigenvalue weighted by Crippen LogP contribution is -2.51. The highest BCUT2D eigenvalue weighted by Gasteiger charge is 2.29. The fraction of sp³-hybridized carbons (Fsp3) is 0.647. The molecule has 0 aromatic carbocycles. The molecule has 1 aromatic rings. The molecule has 136 valence electrons. The van der Waals surface area contributed by atoms with E-state index < -0.39 is 5.54 Å². The van der Waals surface area contributed by atoms with E-state index in [4.69, 9.17) is 5.26 Å². The van der Waals surface area contributed by atoms with Crippen molar-refractivity contribution in [3.8, 4) is 6.07 Å². The molecule has 2 amide bonds. The number of nitrogens with zero attached hydrogens (tertiary/aromatic N) is 4. The summed E-state index contributed by atoms with van der Waals surface area (Å²) < 4.78 is 0. The van der Waals surface area contributed by atoms with Gasteiger partial charge in [0.25, 0.3) is 5.91 Å². The van der Waals surface area contributed by atoms with Crippen LogP contribution in [0.3, 0.4) is 0 Å². The average molecular weight is 363 g/mol. The topological polar surface area (TPSA) is 89.3 Å². The Hall–Kier alpha value is -1.98. The van der Waals surface area contributed by atoms with Gasteiger partial charge < -0.3 is 10.2 Å². The zero-order valence-corrected chi connectivity index (χ0v) is 16.0. The Morgan fingerprint density at radius 3 is 2.64 bits per heavy atom. The Morgan fingerprint density at radius 2 is 2.12 bits per heavy atom. The number of amides is 2. The predicted octanol–water partition coefficient (Wildman–Crippen LogP) is 1.41. The van der Waals surface area contributed by atoms with Gasteiger partial charge in [0, 0.05) is 26.2 Å². The lowest BCUT2D eigenvalue weighted by atomic mass is 10.0. The number of likely N-dealkylation sites (tertiary alicyclic amines) is 1. The lowest BCUT2D eigenvalue weighted by molar-refractivity contribution is -0.134. The largest absolute Gasteiger partial charge is 0.348 e. The van der Waals surface area contributed by atoms with E-state index in [0.717, 1.165) is 31.6 Å². The Labute approximate surface area is 152 Å². The molecule has 0 saturated carbocycles. The first-order valence-electron chi connectivity index (χ1n) is 8.36. The van der Waals surface area contributed by atoms with Gasteiger partial charge in [0.2, 0.25) is 5.91 Å². The molecular formula is C17H25N5O2S. The molecule has 25 heavy (non-hydrogen) atoms. The molecule has 0 atom stereocenters. The third-order valence-corrected chi connectivity index (χ3v) is 5.65. The number of aromatic nitrogens is 1. The van der Waals surface area contributed by atoms with E-state index >= 15 is 0 Å². The molecule has 7 nitrogen and oxygen atoms in total. The molecule has 1 aliphatic heterocycles. The van der Waals surface area contributed by atoms with Crippen molar-refractivity contribution in [2.75, 3.05) is 26.7 Å². The highest BCUT2D eigenvalue weighted by molar-refractivity contribution is 7.11. The molecule has 1 fully saturated rings. The van der Waals surface area contributed by atoms with E-state index in [0.29, 0.717) is 11.4 Å². The highest BCUT2D eigenvalue weighted by Crippen LogP contribution is 2.16. The molecule has 0 spiro atoms. The molecule has 0 radical (unpaired) electrons. The maximum atomic E-state index is 12.3. The van der Waals surface area contributed by atoms with Gasteiger partial charge in [-0.15, -0.1) is 11.3 Å². The number of hydrogen-bond donors (Lipinski definition) is 1. The monoisotopic (exact) mass is 363 g/mol. The summed E-state index contributed by atoms with van der Waals surface area (Å²) in [6.45, 7) is 7.09. The van der Waals surface area contributed by atoms with Crippen molar-refractivity contribution in [1.82, 2.24) is 20.1 Å². The first-order valence-corrected chi connectivity index (χ1v) is 9.23. The normalized spacial score (nSPS) is 16.3. The standard InChI is InChI=1S/C17H25N5O2S/c1-12-15(25-11-19-12)16(24)20-13-5-7-22(8-6-13)9-14(23)21(4)17(2,3)10-18/h11,13H,5-9H2,1-4H3,(H,20,24). The van der Waals surface area contributed by atoms with Gasteiger partial charge in [-0.1, -0.05) is 0 Å². The molecule has 2 heterocycles. The van der Waals surface area contributed by atoms with Crippen molar-refractivity contribution >= 4 is 23.2 Å². The molecule has 2 rings (SSSR count). The number of likely N-dealkylation sites (N-methyl/N-ethyl adjacent to an activating group) is 1. The van der Waals surface area contributed by atoms with Crippen LogP contribution in [0.25, 0.3) is 0 Å². The molecular weight excluding hydrogens is 338 g/mol. The van der Waals surface area contributed by atoms with E-state index in [2.05, 4.69) is 21.3 Å². The summed E-state index contributed by atoms with van der Waals surface area (Å²) in [6, 6.07) is 2.26. The maximum Gasteiger partial charge on any atom is 0.263 e. The van der Waals surface area contributed by atoms with Crippen molar-refractivity contribution in [3.05, 3.63) is 16.1 Å². The number of hydrogen-bond acceptors (Lipinski definition) is 6. The highest BCUT2D eigenvalue weighted by atomic mass is 32.1. The molecule has 0 unspecified atom stereocenters. The van der Waals surface area contributed by atoms with Gasteiger partial charge in [-0.05, 0) is 33.6 Å². The summed E-state index contributed by atoms with van der Waals surface area (Å²) in [4.78, 5) is 32.9. The molecule has 1 aromatic heterocycles. The molecule has 0 aliphatic carbocycles. The molecule has 0 bridgehead atoms. The first-order chi connectivity index (χ1) is 11.7. The minimum Gasteiger partial charge on any atom is -0.348 e. The van der Waals surface area contributed by atoms with Gasteiger partial charge in [0.15, 0.2) is 0 Å². The number of nitrogens with one attached hydrogen (secondary N) is 1. The number of carbonyl (C=O) groups excluding carboxylic acids is 2. The minimum atomic E-state index is -0.810. The van der Waals surface area contributed by atoms with E-state index in [1.807, 2.05) is 6.92 Å². The first kappa shape index (κ1) is 19.3. The van der Waals surface area contributed by atoms with Crippen LogP contribution in [0, 0.1) is 18.3 Å². The fourth-order valence-corrected chi connectivity index (χ4v) is 3.40. The van der Waals surface area contributed by atoms with Gasteiger partial charge in [-0.25, -0.2) is 4.98 Å². The van der Waals surface area contributed by atoms with Crippen LogP contribution in [0.4, 0.5) is 0 Å². The van der Waals surface area contributed by atoms with Gasteiger partial charge in [-0.3, -0.25) is 14.5 Å². The second kappa shape index (κ2) is 7.93. The van der Waals surface area contributed by atoms with Crippen LogP contribution in [0.5, 0.6) is 0 Å². The Bertz CT molecular complexity index is 671. The second-order valence-corrected chi connectivity index (χ2v) is 7.77. The average Bonchev–Trinajstić information content (AvgIpc) is 3.02. The third-order valence-electron chi connectivity index (χ3n) is 4.72. The van der Waals surface area contributed by atoms with Crippen LogP contribution < -0.4 is 5.32 Å². The van der Waals surface area contributed by atoms with Crippen molar-refractivity contribution < 1.29 is 9.59 Å². The van der Waals surface area contributed by atoms with Gasteiger partial charge >= 0.3 is 0 Å². The number of nitriles is 1. The smallest absolute Gasteiger partial charge is 0.263 e. The van der Waals surface area contributed by atoms with Crippen molar-refractivity contribution in [2.45, 2.75) is 45.2 Å². The SMILES string of the molecule is Cc1ncsc1C(=O)NC1CCN(CC(=O)N(C)C(C)(C)C#N)CC1. The van der Waals surface area contributed by atoms with Crippen LogP contribution in [-0.2, 0) is 4.79 Å². The summed E-state index contributed by atoms with van der Waals surface area (Å²) in [6.07, 6.45) is 1.62. The minimum absolute atomic E-state index is 0.0608. The second-order valence-electron chi connectivity index (χ2n) is 6.91. The zero-order valence-electron chi connectivity index (χ0n) is 15.2. The number of carbonyl (C=O) groups is 2. The Kier molecular flexibility index (Phi) is 6.14. The number of rotatable bonds is 5. The van der Waals surface area contributed by atoms with Crippen LogP contribution in [0.1, 0.15) is 42.1 Å². The Balaban J connectivity index is 1.80. The lowest BCUT2D eigenvalue weighted by Gasteiger charge is -2.35. The van der Waals surface area contributed by atoms with Crippen LogP contribution in [-0.4, -0.2) is 64.9 Å². The van der Waals surface area contributed by atoms with E-state index in [1.54, 1.807) is 26.4 Å². The zero-order chi connectivity index (χ0) is 18.6. The van der Waals surface area contributed by atoms with Gasteiger partial charge in [0.1, 0.15) is 10.4 Å². The number of aryl methyl sites for hydroxylation is 1. The third kappa shape index (κ3) is 4.77. The molecule has 1 N–H and O–H groups in total. The van der Waals surface area contributed by atoms with Crippen LogP contribution in [0.15, 0.2) is 5.51 Å². The number of thiazole rings is 1. The van der Waals surface area contributed by atoms with Crippen molar-refractivity contribution in [2.24, 2.45) is 0 Å². The van der Waals surface area contributed by atoms with E-state index in [9.17, 15) is 9.59 Å². The van der Waals surface area contributed by atoms with Crippen molar-refractivity contribution in [1.29, 1.82) is 5.26 Å². The Morgan fingerprint density at radius 1 is 1.48 bits per heavy atom. The van der Waals surface area contributed by atoms with Crippen LogP contribution >= 0.6 is 11.3 Å². The summed E-state index contributed by atoms with van der Waals surface area (Å²) in [7, 11) is 1.66. The van der Waals surface area contributed by atoms with E-state index in [1.165, 1.54) is 16.2 Å². The summed E-state index contributed by atoms with van der Waals surface area (Å²) in [5.74, 6) is -0.126. The molecule has 1 saturated heterocycles. The van der Waals surface area contributed by atoms with E-state index in [-0.39, 0.29) is 17.9 Å². The quantitative estimate of drug-likeness (QED) is 0.854. The molecule has 1 aliphatic rings. The number of piperidine rings is 1.